The largest absolute Gasteiger partial charge is 0.478 e. The van der Waals surface area contributed by atoms with E-state index in [4.69, 9.17) is 11.6 Å². The van der Waals surface area contributed by atoms with Gasteiger partial charge in [-0.25, -0.2) is 14.2 Å². The smallest absolute Gasteiger partial charge is 0.336 e. The van der Waals surface area contributed by atoms with Crippen molar-refractivity contribution in [3.8, 4) is 11.1 Å². The fourth-order valence-corrected chi connectivity index (χ4v) is 4.94. The van der Waals surface area contributed by atoms with E-state index >= 15 is 4.39 Å². The van der Waals surface area contributed by atoms with Gasteiger partial charge in [-0.2, -0.15) is 12.6 Å². The third-order valence-corrected chi connectivity index (χ3v) is 6.88. The predicted molar refractivity (Wildman–Crippen MR) is 148 cm³/mol. The number of aryl methyl sites for hydroxylation is 1. The van der Waals surface area contributed by atoms with Gasteiger partial charge >= 0.3 is 5.97 Å². The van der Waals surface area contributed by atoms with Gasteiger partial charge in [-0.1, -0.05) is 69.1 Å². The lowest BCUT2D eigenvalue weighted by Crippen LogP contribution is -2.32. The molecular formula is C28H33ClFN3O3S. The maximum absolute atomic E-state index is 15.3. The van der Waals surface area contributed by atoms with Crippen molar-refractivity contribution < 1.29 is 19.1 Å². The average Bonchev–Trinajstić information content (AvgIpc) is 3.15. The van der Waals surface area contributed by atoms with Crippen LogP contribution in [0.2, 0.25) is 5.15 Å². The number of nitrogens with one attached hydrogen (secondary N) is 1. The van der Waals surface area contributed by atoms with Gasteiger partial charge in [-0.15, -0.1) is 0 Å². The Morgan fingerprint density at radius 3 is 2.59 bits per heavy atom. The highest BCUT2D eigenvalue weighted by molar-refractivity contribution is 7.81. The summed E-state index contributed by atoms with van der Waals surface area (Å²) in [6.07, 6.45) is 3.16. The number of imidazole rings is 1. The zero-order valence-electron chi connectivity index (χ0n) is 21.3. The van der Waals surface area contributed by atoms with Crippen molar-refractivity contribution in [1.29, 1.82) is 0 Å². The van der Waals surface area contributed by atoms with Gasteiger partial charge in [-0.3, -0.25) is 4.79 Å². The molecular weight excluding hydrogens is 513 g/mol. The first-order valence-corrected chi connectivity index (χ1v) is 13.3. The zero-order chi connectivity index (χ0) is 27.1. The van der Waals surface area contributed by atoms with Gasteiger partial charge in [0.2, 0.25) is 5.91 Å². The second-order valence-electron chi connectivity index (χ2n) is 9.48. The highest BCUT2D eigenvalue weighted by Crippen LogP contribution is 2.27. The summed E-state index contributed by atoms with van der Waals surface area (Å²) in [7, 11) is 0. The second kappa shape index (κ2) is 13.1. The van der Waals surface area contributed by atoms with Crippen LogP contribution in [0.1, 0.15) is 67.5 Å². The van der Waals surface area contributed by atoms with Crippen LogP contribution in [0.3, 0.4) is 0 Å². The first-order valence-electron chi connectivity index (χ1n) is 12.4. The standard InChI is InChI=1S/C28H33ClFN3O3S/c1-4-5-10-25-32-26(29)23(15-31-27(34)24(37)13-17(2)3)33(25)16-19-12-11-18(14-22(19)30)20-8-6-7-9-21(20)28(35)36/h6-9,11-12,14,17,24,37H,4-5,10,13,15-16H2,1-3H3,(H,31,34)(H,35,36)/t24-/m0/s1. The fourth-order valence-electron chi connectivity index (χ4n) is 4.16. The van der Waals surface area contributed by atoms with Gasteiger partial charge in [0.1, 0.15) is 11.6 Å². The molecule has 6 nitrogen and oxygen atoms in total. The first kappa shape index (κ1) is 28.7. The number of nitrogens with zero attached hydrogens (tertiary/aromatic N) is 2. The lowest BCUT2D eigenvalue weighted by molar-refractivity contribution is -0.121. The lowest BCUT2D eigenvalue weighted by Gasteiger charge is -2.16. The van der Waals surface area contributed by atoms with Crippen LogP contribution in [-0.4, -0.2) is 31.8 Å². The number of carbonyl (C=O) groups is 2. The van der Waals surface area contributed by atoms with Crippen molar-refractivity contribution >= 4 is 36.1 Å². The molecule has 0 radical (unpaired) electrons. The molecule has 0 fully saturated rings. The third-order valence-electron chi connectivity index (χ3n) is 6.13. The number of amides is 1. The number of carboxylic acid groups (broad SMARTS) is 1. The van der Waals surface area contributed by atoms with E-state index in [1.165, 1.54) is 12.1 Å². The lowest BCUT2D eigenvalue weighted by atomic mass is 9.98. The molecule has 0 bridgehead atoms. The van der Waals surface area contributed by atoms with Crippen molar-refractivity contribution in [3.05, 3.63) is 76.1 Å². The van der Waals surface area contributed by atoms with Gasteiger partial charge in [-0.05, 0) is 42.0 Å². The minimum absolute atomic E-state index is 0.107. The Kier molecular flexibility index (Phi) is 10.2. The number of halogens is 2. The summed E-state index contributed by atoms with van der Waals surface area (Å²) < 4.78 is 17.2. The van der Waals surface area contributed by atoms with Crippen molar-refractivity contribution in [3.63, 3.8) is 0 Å². The Labute approximate surface area is 227 Å². The molecule has 0 saturated heterocycles. The van der Waals surface area contributed by atoms with Gasteiger partial charge < -0.3 is 15.0 Å². The van der Waals surface area contributed by atoms with Crippen LogP contribution >= 0.6 is 24.2 Å². The van der Waals surface area contributed by atoms with E-state index < -0.39 is 17.0 Å². The monoisotopic (exact) mass is 545 g/mol. The number of carboxylic acids is 1. The highest BCUT2D eigenvalue weighted by Gasteiger charge is 2.21. The average molecular weight is 546 g/mol. The number of unbranched alkanes of at least 4 members (excludes halogenated alkanes) is 1. The maximum Gasteiger partial charge on any atom is 0.336 e. The zero-order valence-corrected chi connectivity index (χ0v) is 23.0. The Morgan fingerprint density at radius 2 is 1.95 bits per heavy atom. The van der Waals surface area contributed by atoms with Crippen LogP contribution in [-0.2, 0) is 24.3 Å². The summed E-state index contributed by atoms with van der Waals surface area (Å²) in [6.45, 7) is 6.46. The van der Waals surface area contributed by atoms with Crippen LogP contribution in [0.5, 0.6) is 0 Å². The summed E-state index contributed by atoms with van der Waals surface area (Å²) in [5, 5.41) is 12.2. The predicted octanol–water partition coefficient (Wildman–Crippen LogP) is 6.39. The molecule has 3 aromatic rings. The second-order valence-corrected chi connectivity index (χ2v) is 10.5. The topological polar surface area (TPSA) is 84.2 Å². The summed E-state index contributed by atoms with van der Waals surface area (Å²) >= 11 is 10.9. The van der Waals surface area contributed by atoms with E-state index in [-0.39, 0.29) is 29.7 Å². The van der Waals surface area contributed by atoms with Gasteiger partial charge in [0, 0.05) is 12.0 Å². The quantitative estimate of drug-likeness (QED) is 0.230. The van der Waals surface area contributed by atoms with E-state index in [9.17, 15) is 14.7 Å². The molecule has 0 aliphatic rings. The van der Waals surface area contributed by atoms with Crippen molar-refractivity contribution in [2.45, 2.75) is 64.8 Å². The van der Waals surface area contributed by atoms with E-state index in [0.717, 1.165) is 18.7 Å². The summed E-state index contributed by atoms with van der Waals surface area (Å²) in [5.41, 5.74) is 2.04. The van der Waals surface area contributed by atoms with Crippen LogP contribution in [0.25, 0.3) is 11.1 Å². The number of aromatic carboxylic acids is 1. The number of benzene rings is 2. The van der Waals surface area contributed by atoms with Crippen LogP contribution in [0.4, 0.5) is 4.39 Å². The van der Waals surface area contributed by atoms with Crippen molar-refractivity contribution in [2.24, 2.45) is 5.92 Å². The molecule has 9 heteroatoms. The molecule has 1 aromatic heterocycles. The molecule has 0 aliphatic carbocycles. The van der Waals surface area contributed by atoms with Crippen LogP contribution < -0.4 is 5.32 Å². The number of rotatable bonds is 12. The molecule has 0 aliphatic heterocycles. The summed E-state index contributed by atoms with van der Waals surface area (Å²) in [5.74, 6) is -0.677. The molecule has 198 valence electrons. The number of carbonyl (C=O) groups excluding carboxylic acids is 1. The van der Waals surface area contributed by atoms with E-state index in [1.807, 2.05) is 18.4 Å². The summed E-state index contributed by atoms with van der Waals surface area (Å²) in [4.78, 5) is 28.7. The Morgan fingerprint density at radius 1 is 1.22 bits per heavy atom. The Balaban J connectivity index is 1.90. The van der Waals surface area contributed by atoms with Crippen molar-refractivity contribution in [2.75, 3.05) is 0 Å². The number of aromatic nitrogens is 2. The van der Waals surface area contributed by atoms with E-state index in [2.05, 4.69) is 29.9 Å². The van der Waals surface area contributed by atoms with E-state index in [1.54, 1.807) is 30.3 Å². The molecule has 3 rings (SSSR count). The summed E-state index contributed by atoms with van der Waals surface area (Å²) in [6, 6.07) is 11.2. The third kappa shape index (κ3) is 7.36. The Bertz CT molecular complexity index is 1260. The molecule has 0 unspecified atom stereocenters. The molecule has 37 heavy (non-hydrogen) atoms. The molecule has 1 amide bonds. The van der Waals surface area contributed by atoms with Gasteiger partial charge in [0.05, 0.1) is 29.6 Å². The number of hydrogen-bond acceptors (Lipinski definition) is 4. The van der Waals surface area contributed by atoms with Crippen LogP contribution in [0, 0.1) is 11.7 Å². The van der Waals surface area contributed by atoms with Crippen molar-refractivity contribution in [1.82, 2.24) is 14.9 Å². The van der Waals surface area contributed by atoms with E-state index in [0.29, 0.717) is 41.1 Å². The maximum atomic E-state index is 15.3. The molecule has 1 atom stereocenters. The number of thiol groups is 1. The fraction of sp³-hybridized carbons (Fsp3) is 0.393. The van der Waals surface area contributed by atoms with Gasteiger partial charge in [0.25, 0.3) is 0 Å². The molecule has 0 spiro atoms. The highest BCUT2D eigenvalue weighted by atomic mass is 35.5. The molecule has 1 heterocycles. The van der Waals surface area contributed by atoms with Crippen LogP contribution in [0.15, 0.2) is 42.5 Å². The normalized spacial score (nSPS) is 12.1. The Hall–Kier alpha value is -2.84. The molecule has 2 N–H and O–H groups in total. The first-order chi connectivity index (χ1) is 17.6. The van der Waals surface area contributed by atoms with Gasteiger partial charge in [0.15, 0.2) is 5.15 Å². The minimum Gasteiger partial charge on any atom is -0.478 e. The molecule has 2 aromatic carbocycles. The number of hydrogen-bond donors (Lipinski definition) is 3. The minimum atomic E-state index is -1.07. The SMILES string of the molecule is CCCCc1nc(Cl)c(CNC(=O)[C@@H](S)CC(C)C)n1Cc1ccc(-c2ccccc2C(=O)O)cc1F. The molecule has 0 saturated carbocycles.